The van der Waals surface area contributed by atoms with E-state index in [0.29, 0.717) is 42.8 Å². The highest BCUT2D eigenvalue weighted by Gasteiger charge is 2.22. The molecule has 0 saturated carbocycles. The summed E-state index contributed by atoms with van der Waals surface area (Å²) in [5.41, 5.74) is 2.46. The first-order chi connectivity index (χ1) is 18.0. The van der Waals surface area contributed by atoms with Crippen LogP contribution >= 0.6 is 0 Å². The highest BCUT2D eigenvalue weighted by molar-refractivity contribution is 5.94. The molecule has 1 aliphatic heterocycles. The number of allylic oxidation sites excluding steroid dienone is 1. The fourth-order valence-electron chi connectivity index (χ4n) is 4.78. The molecule has 1 aromatic heterocycles. The lowest BCUT2D eigenvalue weighted by Gasteiger charge is -2.36. The molecule has 7 nitrogen and oxygen atoms in total. The first kappa shape index (κ1) is 24.2. The highest BCUT2D eigenvalue weighted by atomic mass is 19.1. The number of fused-ring (bicyclic) bond motifs is 1. The minimum Gasteiger partial charge on any atom is -0.368 e. The van der Waals surface area contributed by atoms with Crippen LogP contribution in [-0.4, -0.2) is 46.1 Å². The van der Waals surface area contributed by atoms with Gasteiger partial charge in [-0.25, -0.2) is 4.39 Å². The fourth-order valence-corrected chi connectivity index (χ4v) is 4.78. The van der Waals surface area contributed by atoms with Crippen LogP contribution in [0.2, 0.25) is 0 Å². The van der Waals surface area contributed by atoms with Gasteiger partial charge in [0.05, 0.1) is 17.6 Å². The second-order valence-electron chi connectivity index (χ2n) is 9.04. The standard InChI is InChI=1S/C29H27FN4O3/c1-2-15-33-25-5-3-4-6-26(25)34(29(37)28(33)36)20-21-7-9-22(10-8-21)27(35)32-18-16-31(17-19-32)24-13-11-23(30)12-14-24/h2-14H,1,15-20H2. The van der Waals surface area contributed by atoms with Crippen LogP contribution < -0.4 is 16.0 Å². The van der Waals surface area contributed by atoms with Gasteiger partial charge in [-0.2, -0.15) is 0 Å². The van der Waals surface area contributed by atoms with Crippen molar-refractivity contribution in [3.8, 4) is 0 Å². The number of hydrogen-bond acceptors (Lipinski definition) is 4. The van der Waals surface area contributed by atoms with Crippen LogP contribution in [0.25, 0.3) is 11.0 Å². The van der Waals surface area contributed by atoms with Crippen molar-refractivity contribution in [2.45, 2.75) is 13.1 Å². The molecule has 0 N–H and O–H groups in total. The topological polar surface area (TPSA) is 67.5 Å². The number of anilines is 1. The van der Waals surface area contributed by atoms with Gasteiger partial charge in [-0.3, -0.25) is 23.5 Å². The number of amides is 1. The molecule has 0 spiro atoms. The van der Waals surface area contributed by atoms with Crippen LogP contribution in [0.5, 0.6) is 0 Å². The summed E-state index contributed by atoms with van der Waals surface area (Å²) in [5, 5.41) is 0. The monoisotopic (exact) mass is 498 g/mol. The van der Waals surface area contributed by atoms with Crippen molar-refractivity contribution in [3.05, 3.63) is 123 Å². The first-order valence-electron chi connectivity index (χ1n) is 12.2. The maximum Gasteiger partial charge on any atom is 0.317 e. The van der Waals surface area contributed by atoms with Crippen molar-refractivity contribution in [1.82, 2.24) is 14.0 Å². The van der Waals surface area contributed by atoms with Crippen molar-refractivity contribution < 1.29 is 9.18 Å². The van der Waals surface area contributed by atoms with E-state index in [2.05, 4.69) is 11.5 Å². The van der Waals surface area contributed by atoms with Crippen molar-refractivity contribution in [1.29, 1.82) is 0 Å². The van der Waals surface area contributed by atoms with Gasteiger partial charge >= 0.3 is 11.1 Å². The Bertz CT molecular complexity index is 1560. The molecule has 8 heteroatoms. The molecule has 0 radical (unpaired) electrons. The van der Waals surface area contributed by atoms with Gasteiger partial charge in [-0.15, -0.1) is 6.58 Å². The summed E-state index contributed by atoms with van der Waals surface area (Å²) in [6, 6.07) is 20.8. The van der Waals surface area contributed by atoms with Crippen molar-refractivity contribution in [2.24, 2.45) is 0 Å². The number of carbonyl (C=O) groups excluding carboxylic acids is 1. The Balaban J connectivity index is 1.31. The molecule has 188 valence electrons. The fraction of sp³-hybridized carbons (Fsp3) is 0.207. The zero-order valence-corrected chi connectivity index (χ0v) is 20.3. The third-order valence-corrected chi connectivity index (χ3v) is 6.75. The van der Waals surface area contributed by atoms with Crippen molar-refractivity contribution in [3.63, 3.8) is 0 Å². The molecular formula is C29H27FN4O3. The summed E-state index contributed by atoms with van der Waals surface area (Å²) >= 11 is 0. The molecule has 0 unspecified atom stereocenters. The van der Waals surface area contributed by atoms with Crippen LogP contribution in [-0.2, 0) is 13.1 Å². The Morgan fingerprint density at radius 1 is 0.811 bits per heavy atom. The number of rotatable bonds is 6. The van der Waals surface area contributed by atoms with E-state index in [0.717, 1.165) is 11.3 Å². The smallest absolute Gasteiger partial charge is 0.317 e. The predicted molar refractivity (Wildman–Crippen MR) is 143 cm³/mol. The molecule has 1 saturated heterocycles. The number of carbonyl (C=O) groups is 1. The van der Waals surface area contributed by atoms with Crippen molar-refractivity contribution >= 4 is 22.6 Å². The maximum atomic E-state index is 13.2. The normalized spacial score (nSPS) is 13.6. The molecule has 0 atom stereocenters. The van der Waals surface area contributed by atoms with E-state index in [1.807, 2.05) is 41.3 Å². The largest absolute Gasteiger partial charge is 0.368 e. The number of aromatic nitrogens is 2. The third kappa shape index (κ3) is 4.82. The number of nitrogens with zero attached hydrogens (tertiary/aromatic N) is 4. The molecule has 5 rings (SSSR count). The lowest BCUT2D eigenvalue weighted by atomic mass is 10.1. The first-order valence-corrected chi connectivity index (χ1v) is 12.2. The molecule has 1 aliphatic rings. The van der Waals surface area contributed by atoms with Gasteiger partial charge in [0.15, 0.2) is 0 Å². The van der Waals surface area contributed by atoms with E-state index < -0.39 is 11.1 Å². The Kier molecular flexibility index (Phi) is 6.72. The zero-order chi connectivity index (χ0) is 25.9. The van der Waals surface area contributed by atoms with Crippen LogP contribution in [0.1, 0.15) is 15.9 Å². The Morgan fingerprint density at radius 2 is 1.41 bits per heavy atom. The predicted octanol–water partition coefficient (Wildman–Crippen LogP) is 3.50. The second-order valence-corrected chi connectivity index (χ2v) is 9.04. The summed E-state index contributed by atoms with van der Waals surface area (Å²) in [7, 11) is 0. The molecule has 2 heterocycles. The van der Waals surface area contributed by atoms with Crippen LogP contribution in [0.3, 0.4) is 0 Å². The van der Waals surface area contributed by atoms with Gasteiger partial charge < -0.3 is 9.80 Å². The number of hydrogen-bond donors (Lipinski definition) is 0. The van der Waals surface area contributed by atoms with Gasteiger partial charge in [0, 0.05) is 44.0 Å². The summed E-state index contributed by atoms with van der Waals surface area (Å²) in [5.74, 6) is -0.323. The minimum absolute atomic E-state index is 0.0556. The van der Waals surface area contributed by atoms with Crippen LogP contribution in [0.4, 0.5) is 10.1 Å². The summed E-state index contributed by atoms with van der Waals surface area (Å²) in [6.45, 7) is 6.64. The lowest BCUT2D eigenvalue weighted by molar-refractivity contribution is 0.0747. The van der Waals surface area contributed by atoms with Gasteiger partial charge in [0.25, 0.3) is 5.91 Å². The number of piperazine rings is 1. The molecular weight excluding hydrogens is 471 g/mol. The van der Waals surface area contributed by atoms with Gasteiger partial charge in [0.1, 0.15) is 5.82 Å². The Hall–Kier alpha value is -4.46. The zero-order valence-electron chi connectivity index (χ0n) is 20.3. The number of halogens is 1. The van der Waals surface area contributed by atoms with Gasteiger partial charge in [-0.05, 0) is 54.1 Å². The van der Waals surface area contributed by atoms with E-state index >= 15 is 0 Å². The lowest BCUT2D eigenvalue weighted by Crippen LogP contribution is -2.48. The summed E-state index contributed by atoms with van der Waals surface area (Å²) in [4.78, 5) is 42.7. The van der Waals surface area contributed by atoms with Gasteiger partial charge in [0.2, 0.25) is 0 Å². The molecule has 37 heavy (non-hydrogen) atoms. The Labute approximate surface area is 213 Å². The number of benzene rings is 3. The molecule has 1 amide bonds. The second kappa shape index (κ2) is 10.3. The molecule has 1 fully saturated rings. The van der Waals surface area contributed by atoms with E-state index in [1.165, 1.54) is 21.3 Å². The molecule has 0 aliphatic carbocycles. The van der Waals surface area contributed by atoms with E-state index in [9.17, 15) is 18.8 Å². The average molecular weight is 499 g/mol. The van der Waals surface area contributed by atoms with E-state index in [-0.39, 0.29) is 24.8 Å². The average Bonchev–Trinajstić information content (AvgIpc) is 2.94. The number of para-hydroxylation sites is 2. The van der Waals surface area contributed by atoms with E-state index in [4.69, 9.17) is 0 Å². The highest BCUT2D eigenvalue weighted by Crippen LogP contribution is 2.19. The Morgan fingerprint density at radius 3 is 2.03 bits per heavy atom. The third-order valence-electron chi connectivity index (χ3n) is 6.75. The van der Waals surface area contributed by atoms with Crippen LogP contribution in [0.15, 0.2) is 95.0 Å². The molecule has 4 aromatic rings. The van der Waals surface area contributed by atoms with Gasteiger partial charge in [-0.1, -0.05) is 30.3 Å². The maximum absolute atomic E-state index is 13.2. The quantitative estimate of drug-likeness (QED) is 0.302. The summed E-state index contributed by atoms with van der Waals surface area (Å²) < 4.78 is 16.1. The van der Waals surface area contributed by atoms with Crippen molar-refractivity contribution in [2.75, 3.05) is 31.1 Å². The van der Waals surface area contributed by atoms with Crippen LogP contribution in [0, 0.1) is 5.82 Å². The summed E-state index contributed by atoms with van der Waals surface area (Å²) in [6.07, 6.45) is 1.59. The molecule has 0 bridgehead atoms. The van der Waals surface area contributed by atoms with E-state index in [1.54, 1.807) is 30.3 Å². The SMILES string of the molecule is C=CCn1c(=O)c(=O)n(Cc2ccc(C(=O)N3CCN(c4ccc(F)cc4)CC3)cc2)c2ccccc21. The molecule has 3 aromatic carbocycles. The minimum atomic E-state index is -0.597.